The molecular formula is C104H88BN4O8-. The lowest BCUT2D eigenvalue weighted by Gasteiger charge is -2.44. The van der Waals surface area contributed by atoms with Crippen LogP contribution in [0, 0.1) is 0 Å². The van der Waals surface area contributed by atoms with Crippen LogP contribution >= 0.6 is 0 Å². The zero-order chi connectivity index (χ0) is 80.2. The van der Waals surface area contributed by atoms with Gasteiger partial charge in [-0.15, -0.1) is 0 Å². The van der Waals surface area contributed by atoms with Gasteiger partial charge in [-0.25, -0.2) is 0 Å². The minimum Gasteiger partial charge on any atom is -0.497 e. The number of benzene rings is 16. The summed E-state index contributed by atoms with van der Waals surface area (Å²) in [6, 6.07) is 137. The van der Waals surface area contributed by atoms with Gasteiger partial charge >= 0.3 is 0 Å². The van der Waals surface area contributed by atoms with Crippen molar-refractivity contribution in [2.45, 2.75) is 0 Å². The fourth-order valence-corrected chi connectivity index (χ4v) is 16.0. The van der Waals surface area contributed by atoms with E-state index in [9.17, 15) is 0 Å². The Morgan fingerprint density at radius 3 is 0.402 bits per heavy atom. The molecule has 13 heteroatoms. The van der Waals surface area contributed by atoms with Crippen LogP contribution < -0.4 is 79.3 Å². The summed E-state index contributed by atoms with van der Waals surface area (Å²) in [5.41, 5.74) is 24.7. The van der Waals surface area contributed by atoms with Crippen molar-refractivity contribution >= 4 is 96.2 Å². The molecule has 0 aliphatic heterocycles. The van der Waals surface area contributed by atoms with Crippen molar-refractivity contribution in [2.24, 2.45) is 0 Å². The predicted molar refractivity (Wildman–Crippen MR) is 483 cm³/mol. The molecule has 0 saturated carbocycles. The minimum atomic E-state index is -2.01. The summed E-state index contributed by atoms with van der Waals surface area (Å²) < 4.78 is 46.0. The third-order valence-corrected chi connectivity index (χ3v) is 22.0. The maximum atomic E-state index is 5.75. The third kappa shape index (κ3) is 16.0. The lowest BCUT2D eigenvalue weighted by atomic mass is 9.13. The zero-order valence-electron chi connectivity index (χ0n) is 66.6. The normalized spacial score (nSPS) is 11.1. The smallest absolute Gasteiger partial charge is 0.120 e. The van der Waals surface area contributed by atoms with Crippen LogP contribution in [-0.2, 0) is 0 Å². The van der Waals surface area contributed by atoms with Crippen LogP contribution in [0.1, 0.15) is 0 Å². The van der Waals surface area contributed by atoms with Crippen LogP contribution in [0.4, 0.5) is 68.2 Å². The van der Waals surface area contributed by atoms with Gasteiger partial charge in [0.2, 0.25) is 0 Å². The number of ether oxygens (including phenoxy) is 8. The molecule has 576 valence electrons. The molecule has 0 bridgehead atoms. The molecule has 117 heavy (non-hydrogen) atoms. The molecule has 16 aromatic rings. The molecule has 0 N–H and O–H groups in total. The van der Waals surface area contributed by atoms with E-state index in [-0.39, 0.29) is 0 Å². The van der Waals surface area contributed by atoms with E-state index in [0.29, 0.717) is 0 Å². The second-order valence-electron chi connectivity index (χ2n) is 28.5. The number of nitrogens with zero attached hydrogens (tertiary/aromatic N) is 4. The summed E-state index contributed by atoms with van der Waals surface area (Å²) in [4.78, 5) is 8.89. The van der Waals surface area contributed by atoms with E-state index in [2.05, 4.69) is 311 Å². The van der Waals surface area contributed by atoms with Crippen LogP contribution in [0.3, 0.4) is 0 Å². The zero-order valence-corrected chi connectivity index (χ0v) is 66.6. The van der Waals surface area contributed by atoms with Gasteiger partial charge in [-0.05, 0) is 190 Å². The van der Waals surface area contributed by atoms with Crippen molar-refractivity contribution in [3.05, 3.63) is 388 Å². The Labute approximate surface area is 685 Å². The van der Waals surface area contributed by atoms with Crippen LogP contribution in [0.25, 0.3) is 44.5 Å². The fourth-order valence-electron chi connectivity index (χ4n) is 16.0. The number of methoxy groups -OCH3 is 8. The Morgan fingerprint density at radius 1 is 0.145 bits per heavy atom. The van der Waals surface area contributed by atoms with E-state index in [4.69, 9.17) is 37.9 Å². The van der Waals surface area contributed by atoms with Gasteiger partial charge in [0.15, 0.2) is 0 Å². The number of hydrogen-bond acceptors (Lipinski definition) is 12. The predicted octanol–water partition coefficient (Wildman–Crippen LogP) is 23.7. The van der Waals surface area contributed by atoms with Crippen LogP contribution in [0.2, 0.25) is 0 Å². The fraction of sp³-hybridized carbons (Fsp3) is 0.0769. The van der Waals surface area contributed by atoms with Crippen molar-refractivity contribution in [2.75, 3.05) is 76.5 Å². The molecular weight excluding hydrogens is 1440 g/mol. The number of hydrogen-bond donors (Lipinski definition) is 0. The van der Waals surface area contributed by atoms with Gasteiger partial charge < -0.3 is 57.5 Å². The van der Waals surface area contributed by atoms with E-state index in [1.165, 1.54) is 0 Å². The topological polar surface area (TPSA) is 86.8 Å². The average molecular weight is 1530 g/mol. The van der Waals surface area contributed by atoms with Gasteiger partial charge in [-0.1, -0.05) is 194 Å². The number of anilines is 12. The van der Waals surface area contributed by atoms with Crippen molar-refractivity contribution in [1.82, 2.24) is 0 Å². The molecule has 16 rings (SSSR count). The van der Waals surface area contributed by atoms with Gasteiger partial charge in [-0.3, -0.25) is 0 Å². The van der Waals surface area contributed by atoms with Crippen molar-refractivity contribution in [3.8, 4) is 90.5 Å². The van der Waals surface area contributed by atoms with E-state index in [1.807, 2.05) is 97.1 Å². The summed E-state index contributed by atoms with van der Waals surface area (Å²) in [6.45, 7) is 0. The highest BCUT2D eigenvalue weighted by molar-refractivity contribution is 7.20. The Balaban J connectivity index is 0.827. The molecule has 0 fully saturated rings. The standard InChI is InChI=1S/C104H88BN4O8/c1-110-97-25-9-17-89(65-97)106(90-18-10-26-98(66-90)111-2)85-57-41-77(42-58-85)73-33-49-81(50-34-73)105(82-51-35-74(36-52-82)78-43-59-86(60-44-78)107(91-19-11-27-99(67-91)112-3)92-20-12-28-100(68-92)113-4,83-53-37-75(38-54-83)79-45-61-87(62-46-79)108(93-21-13-29-101(69-93)114-5)94-22-14-30-102(70-94)115-6)84-55-39-76(40-56-84)80-47-63-88(64-48-80)109(95-23-15-31-103(71-95)116-7)96-24-16-32-104(72-96)117-8/h9-72H,1-8H3/q-1. The quantitative estimate of drug-likeness (QED) is 0.0438. The molecule has 0 radical (unpaired) electrons. The van der Waals surface area contributed by atoms with Gasteiger partial charge in [0.05, 0.1) is 56.9 Å². The summed E-state index contributed by atoms with van der Waals surface area (Å²) >= 11 is 0. The second kappa shape index (κ2) is 34.7. The van der Waals surface area contributed by atoms with Gasteiger partial charge in [0.1, 0.15) is 52.1 Å². The minimum absolute atomic E-state index is 0.761. The third-order valence-electron chi connectivity index (χ3n) is 22.0. The highest BCUT2D eigenvalue weighted by Crippen LogP contribution is 2.44. The highest BCUT2D eigenvalue weighted by atomic mass is 16.5. The first-order chi connectivity index (χ1) is 57.5. The lowest BCUT2D eigenvalue weighted by Crippen LogP contribution is -2.74. The first kappa shape index (κ1) is 76.2. The molecule has 0 saturated heterocycles. The molecule has 0 aliphatic rings. The molecule has 0 aromatic heterocycles. The van der Waals surface area contributed by atoms with Crippen LogP contribution in [-0.4, -0.2) is 63.0 Å². The van der Waals surface area contributed by atoms with Crippen molar-refractivity contribution in [3.63, 3.8) is 0 Å². The Bertz CT molecular complexity index is 5130. The summed E-state index contributed by atoms with van der Waals surface area (Å²) in [5.74, 6) is 6.09. The van der Waals surface area contributed by atoms with Gasteiger partial charge in [0.25, 0.3) is 0 Å². The average Bonchev–Trinajstić information content (AvgIpc) is 0.726. The largest absolute Gasteiger partial charge is 0.497 e. The molecule has 0 heterocycles. The maximum absolute atomic E-state index is 5.75. The molecule has 12 nitrogen and oxygen atoms in total. The summed E-state index contributed by atoms with van der Waals surface area (Å²) in [5, 5.41) is 0. The van der Waals surface area contributed by atoms with E-state index < -0.39 is 6.15 Å². The second-order valence-corrected chi connectivity index (χ2v) is 28.5. The molecule has 0 aliphatic carbocycles. The molecule has 0 atom stereocenters. The summed E-state index contributed by atoms with van der Waals surface area (Å²) in [6.07, 6.45) is -2.01. The Kier molecular flexibility index (Phi) is 22.6. The Morgan fingerprint density at radius 2 is 0.274 bits per heavy atom. The van der Waals surface area contributed by atoms with Gasteiger partial charge in [-0.2, -0.15) is 21.9 Å². The van der Waals surface area contributed by atoms with E-state index in [1.54, 1.807) is 56.9 Å². The van der Waals surface area contributed by atoms with Crippen LogP contribution in [0.15, 0.2) is 388 Å². The molecule has 0 amide bonds. The molecule has 0 unspecified atom stereocenters. The summed E-state index contributed by atoms with van der Waals surface area (Å²) in [7, 11) is 13.6. The van der Waals surface area contributed by atoms with Crippen molar-refractivity contribution < 1.29 is 37.9 Å². The van der Waals surface area contributed by atoms with Crippen LogP contribution in [0.5, 0.6) is 46.0 Å². The molecule has 0 spiro atoms. The highest BCUT2D eigenvalue weighted by Gasteiger charge is 2.33. The van der Waals surface area contributed by atoms with E-state index in [0.717, 1.165) is 181 Å². The lowest BCUT2D eigenvalue weighted by molar-refractivity contribution is 0.414. The monoisotopic (exact) mass is 1530 g/mol. The van der Waals surface area contributed by atoms with Gasteiger partial charge in [0, 0.05) is 117 Å². The Hall–Kier alpha value is -14.8. The first-order valence-electron chi connectivity index (χ1n) is 38.9. The van der Waals surface area contributed by atoms with Crippen molar-refractivity contribution in [1.29, 1.82) is 0 Å². The SMILES string of the molecule is COc1cccc(N(c2ccc(-c3ccc([B-](c4ccc(-c5ccc(N(c6cccc(OC)c6)c6cccc(OC)c6)cc5)cc4)(c4ccc(-c5ccc(N(c6cccc(OC)c6)c6cccc(OC)c6)cc5)cc4)c4ccc(-c5ccc(N(c6cccc(OC)c6)c6cccc(OC)c6)cc5)cc4)cc3)cc2)c2cccc(OC)c2)c1. The molecule has 16 aromatic carbocycles. The first-order valence-corrected chi connectivity index (χ1v) is 38.9. The van der Waals surface area contributed by atoms with E-state index >= 15 is 0 Å². The number of rotatable bonds is 28. The maximum Gasteiger partial charge on any atom is 0.120 e.